The molecule has 1 amide bonds. The van der Waals surface area contributed by atoms with E-state index in [2.05, 4.69) is 26.9 Å². The molecular weight excluding hydrogens is 474 g/mol. The highest BCUT2D eigenvalue weighted by molar-refractivity contribution is 7.22. The summed E-state index contributed by atoms with van der Waals surface area (Å²) in [5, 5.41) is 4.11. The van der Waals surface area contributed by atoms with E-state index in [0.717, 1.165) is 91.3 Å². The number of nitrogens with zero attached hydrogens (tertiary/aromatic N) is 6. The molecular formula is C26H33N7O2S. The van der Waals surface area contributed by atoms with E-state index in [4.69, 9.17) is 19.7 Å². The molecule has 3 aliphatic heterocycles. The molecule has 0 aliphatic carbocycles. The van der Waals surface area contributed by atoms with Gasteiger partial charge in [-0.25, -0.2) is 9.97 Å². The summed E-state index contributed by atoms with van der Waals surface area (Å²) in [6.07, 6.45) is 4.64. The van der Waals surface area contributed by atoms with Crippen LogP contribution in [0, 0.1) is 5.92 Å². The fourth-order valence-corrected chi connectivity index (χ4v) is 6.23. The first-order valence-electron chi connectivity index (χ1n) is 13.1. The van der Waals surface area contributed by atoms with Crippen LogP contribution in [0.15, 0.2) is 24.3 Å². The number of amides is 1. The quantitative estimate of drug-likeness (QED) is 0.554. The zero-order chi connectivity index (χ0) is 24.5. The summed E-state index contributed by atoms with van der Waals surface area (Å²) in [5.74, 6) is 2.12. The highest BCUT2D eigenvalue weighted by atomic mass is 32.1. The number of carbonyl (C=O) groups excluding carboxylic acids is 1. The Morgan fingerprint density at radius 2 is 1.83 bits per heavy atom. The van der Waals surface area contributed by atoms with Crippen LogP contribution >= 0.6 is 11.3 Å². The van der Waals surface area contributed by atoms with E-state index in [9.17, 15) is 4.79 Å². The molecule has 0 bridgehead atoms. The second-order valence-electron chi connectivity index (χ2n) is 10.00. The van der Waals surface area contributed by atoms with Crippen LogP contribution in [-0.2, 0) is 4.74 Å². The lowest BCUT2D eigenvalue weighted by Crippen LogP contribution is -2.36. The van der Waals surface area contributed by atoms with Gasteiger partial charge in [0.1, 0.15) is 11.5 Å². The number of fused-ring (bicyclic) bond motifs is 1. The highest BCUT2D eigenvalue weighted by Crippen LogP contribution is 2.35. The third kappa shape index (κ3) is 4.84. The number of aromatic nitrogens is 3. The summed E-state index contributed by atoms with van der Waals surface area (Å²) in [4.78, 5) is 34.7. The first-order chi connectivity index (χ1) is 17.6. The lowest BCUT2D eigenvalue weighted by Gasteiger charge is -2.29. The van der Waals surface area contributed by atoms with Crippen LogP contribution in [0.3, 0.4) is 0 Å². The first kappa shape index (κ1) is 23.4. The summed E-state index contributed by atoms with van der Waals surface area (Å²) in [5.41, 5.74) is 1.90. The van der Waals surface area contributed by atoms with Crippen molar-refractivity contribution in [2.75, 3.05) is 72.5 Å². The van der Waals surface area contributed by atoms with Gasteiger partial charge in [0.05, 0.1) is 23.6 Å². The Hall–Kier alpha value is -2.98. The van der Waals surface area contributed by atoms with Crippen molar-refractivity contribution in [2.45, 2.75) is 32.6 Å². The number of ether oxygens (including phenoxy) is 1. The molecule has 3 saturated heterocycles. The first-order valence-corrected chi connectivity index (χ1v) is 13.9. The maximum absolute atomic E-state index is 13.4. The molecule has 3 aliphatic rings. The van der Waals surface area contributed by atoms with Crippen LogP contribution in [0.1, 0.15) is 43.1 Å². The number of rotatable bonds is 5. The Balaban J connectivity index is 1.30. The van der Waals surface area contributed by atoms with Crippen molar-refractivity contribution in [1.82, 2.24) is 15.0 Å². The molecule has 6 heterocycles. The fraction of sp³-hybridized carbons (Fsp3) is 0.538. The van der Waals surface area contributed by atoms with Gasteiger partial charge in [0.25, 0.3) is 5.91 Å². The molecule has 6 rings (SSSR count). The van der Waals surface area contributed by atoms with Crippen molar-refractivity contribution < 1.29 is 9.53 Å². The van der Waals surface area contributed by atoms with Gasteiger partial charge < -0.3 is 24.8 Å². The number of carbonyl (C=O) groups is 1. The van der Waals surface area contributed by atoms with Gasteiger partial charge in [-0.3, -0.25) is 4.79 Å². The Morgan fingerprint density at radius 1 is 1.00 bits per heavy atom. The Kier molecular flexibility index (Phi) is 6.62. The number of piperidine rings is 1. The highest BCUT2D eigenvalue weighted by Gasteiger charge is 2.24. The average Bonchev–Trinajstić information content (AvgIpc) is 3.55. The second kappa shape index (κ2) is 10.2. The molecule has 1 atom stereocenters. The summed E-state index contributed by atoms with van der Waals surface area (Å²) in [7, 11) is 0. The molecule has 3 aromatic rings. The van der Waals surface area contributed by atoms with E-state index in [-0.39, 0.29) is 5.91 Å². The average molecular weight is 508 g/mol. The minimum atomic E-state index is -0.207. The van der Waals surface area contributed by atoms with Crippen molar-refractivity contribution in [2.24, 2.45) is 5.92 Å². The van der Waals surface area contributed by atoms with Crippen molar-refractivity contribution in [3.8, 4) is 0 Å². The third-order valence-corrected chi connectivity index (χ3v) is 8.30. The zero-order valence-corrected chi connectivity index (χ0v) is 21.6. The van der Waals surface area contributed by atoms with Gasteiger partial charge in [0, 0.05) is 39.3 Å². The summed E-state index contributed by atoms with van der Waals surface area (Å²) < 4.78 is 6.47. The van der Waals surface area contributed by atoms with Gasteiger partial charge in [-0.05, 0) is 49.8 Å². The van der Waals surface area contributed by atoms with Crippen molar-refractivity contribution in [3.63, 3.8) is 0 Å². The number of morpholine rings is 1. The molecule has 3 aromatic heterocycles. The van der Waals surface area contributed by atoms with Crippen molar-refractivity contribution in [3.05, 3.63) is 30.0 Å². The molecule has 0 unspecified atom stereocenters. The van der Waals surface area contributed by atoms with Gasteiger partial charge in [0.2, 0.25) is 0 Å². The van der Waals surface area contributed by atoms with Crippen LogP contribution in [-0.4, -0.2) is 73.3 Å². The molecule has 9 nitrogen and oxygen atoms in total. The van der Waals surface area contributed by atoms with E-state index in [1.54, 1.807) is 17.4 Å². The standard InChI is InChI=1S/C26H33N7O2S/c1-18-8-11-33(17-18)22-7-5-6-19(27-22)25(34)28-20-16-21-23(29-24(20)31-9-3-2-4-10-31)30-26(36-21)32-12-14-35-15-13-32/h5-7,16,18H,2-4,8-15,17H2,1H3,(H,28,34)/t18-/m1/s1. The monoisotopic (exact) mass is 507 g/mol. The normalized spacial score (nSPS) is 20.8. The lowest BCUT2D eigenvalue weighted by atomic mass is 10.1. The second-order valence-corrected chi connectivity index (χ2v) is 11.0. The molecule has 10 heteroatoms. The molecule has 1 N–H and O–H groups in total. The lowest BCUT2D eigenvalue weighted by molar-refractivity contribution is 0.102. The molecule has 36 heavy (non-hydrogen) atoms. The van der Waals surface area contributed by atoms with Crippen LogP contribution < -0.4 is 20.0 Å². The third-order valence-electron chi connectivity index (χ3n) is 7.25. The maximum Gasteiger partial charge on any atom is 0.274 e. The van der Waals surface area contributed by atoms with Crippen LogP contribution in [0.5, 0.6) is 0 Å². The predicted octanol–water partition coefficient (Wildman–Crippen LogP) is 4.01. The van der Waals surface area contributed by atoms with Gasteiger partial charge in [-0.15, -0.1) is 0 Å². The van der Waals surface area contributed by atoms with E-state index in [1.165, 1.54) is 6.42 Å². The summed E-state index contributed by atoms with van der Waals surface area (Å²) in [6.45, 7) is 9.18. The minimum Gasteiger partial charge on any atom is -0.378 e. The number of hydrogen-bond donors (Lipinski definition) is 1. The van der Waals surface area contributed by atoms with Crippen LogP contribution in [0.25, 0.3) is 10.3 Å². The molecule has 3 fully saturated rings. The van der Waals surface area contributed by atoms with E-state index >= 15 is 0 Å². The SMILES string of the molecule is C[C@@H]1CCN(c2cccc(C(=O)Nc3cc4sc(N5CCOCC5)nc4nc3N3CCCCC3)n2)C1. The number of hydrogen-bond acceptors (Lipinski definition) is 9. The Morgan fingerprint density at radius 3 is 2.61 bits per heavy atom. The number of thiazole rings is 1. The van der Waals surface area contributed by atoms with Crippen molar-refractivity contribution in [1.29, 1.82) is 0 Å². The van der Waals surface area contributed by atoms with Gasteiger partial charge in [-0.2, -0.15) is 4.98 Å². The molecule has 0 spiro atoms. The van der Waals surface area contributed by atoms with Crippen molar-refractivity contribution >= 4 is 50.0 Å². The van der Waals surface area contributed by atoms with E-state index < -0.39 is 0 Å². The fourth-order valence-electron chi connectivity index (χ4n) is 5.23. The summed E-state index contributed by atoms with van der Waals surface area (Å²) >= 11 is 1.62. The molecule has 0 saturated carbocycles. The zero-order valence-electron chi connectivity index (χ0n) is 20.8. The van der Waals surface area contributed by atoms with E-state index in [1.807, 2.05) is 18.2 Å². The maximum atomic E-state index is 13.4. The Bertz CT molecular complexity index is 1240. The molecule has 190 valence electrons. The number of pyridine rings is 2. The largest absolute Gasteiger partial charge is 0.378 e. The minimum absolute atomic E-state index is 0.207. The van der Waals surface area contributed by atoms with Gasteiger partial charge in [0.15, 0.2) is 16.6 Å². The topological polar surface area (TPSA) is 86.7 Å². The summed E-state index contributed by atoms with van der Waals surface area (Å²) in [6, 6.07) is 7.74. The molecule has 0 aromatic carbocycles. The smallest absolute Gasteiger partial charge is 0.274 e. The van der Waals surface area contributed by atoms with Gasteiger partial charge in [-0.1, -0.05) is 24.3 Å². The van der Waals surface area contributed by atoms with Crippen LogP contribution in [0.2, 0.25) is 0 Å². The van der Waals surface area contributed by atoms with Gasteiger partial charge >= 0.3 is 0 Å². The number of nitrogens with one attached hydrogen (secondary N) is 1. The Labute approximate surface area is 215 Å². The molecule has 0 radical (unpaired) electrons. The number of anilines is 4. The van der Waals surface area contributed by atoms with Crippen LogP contribution in [0.4, 0.5) is 22.5 Å². The predicted molar refractivity (Wildman–Crippen MR) is 145 cm³/mol. The van der Waals surface area contributed by atoms with E-state index in [0.29, 0.717) is 24.8 Å².